The van der Waals surface area contributed by atoms with Crippen LogP contribution in [0, 0.1) is 0 Å². The third-order valence-electron chi connectivity index (χ3n) is 3.83. The van der Waals surface area contributed by atoms with Crippen molar-refractivity contribution in [2.75, 3.05) is 11.9 Å². The van der Waals surface area contributed by atoms with Gasteiger partial charge in [0.2, 0.25) is 0 Å². The summed E-state index contributed by atoms with van der Waals surface area (Å²) in [6.07, 6.45) is -2.61. The number of benzene rings is 2. The highest BCUT2D eigenvalue weighted by Crippen LogP contribution is 2.31. The molecule has 1 N–H and O–H groups in total. The van der Waals surface area contributed by atoms with Crippen molar-refractivity contribution < 1.29 is 22.3 Å². The molecule has 1 aromatic heterocycles. The maximum absolute atomic E-state index is 13.6. The molecule has 0 unspecified atom stereocenters. The van der Waals surface area contributed by atoms with Crippen molar-refractivity contribution in [3.63, 3.8) is 0 Å². The second-order valence-electron chi connectivity index (χ2n) is 5.67. The van der Waals surface area contributed by atoms with Gasteiger partial charge in [0.25, 0.3) is 6.43 Å². The maximum atomic E-state index is 13.6. The molecule has 0 aliphatic carbocycles. The van der Waals surface area contributed by atoms with Crippen molar-refractivity contribution in [1.29, 1.82) is 0 Å². The number of nitrogens with zero attached hydrogens (tertiary/aromatic N) is 2. The molecule has 4 nitrogen and oxygen atoms in total. The number of hydrogen-bond donors (Lipinski definition) is 1. The molecule has 0 radical (unpaired) electrons. The monoisotopic (exact) mass is 367 g/mol. The summed E-state index contributed by atoms with van der Waals surface area (Å²) in [7, 11) is 0. The van der Waals surface area contributed by atoms with Gasteiger partial charge in [-0.2, -0.15) is 8.78 Å². The zero-order chi connectivity index (χ0) is 18.7. The van der Waals surface area contributed by atoms with Crippen LogP contribution in [0.15, 0.2) is 48.5 Å². The number of rotatable bonds is 7. The summed E-state index contributed by atoms with van der Waals surface area (Å²) in [5, 5.41) is 3.02. The van der Waals surface area contributed by atoms with Crippen LogP contribution in [0.25, 0.3) is 11.0 Å². The Kier molecular flexibility index (Phi) is 5.29. The Hall–Kier alpha value is -2.77. The molecule has 0 aliphatic heterocycles. The van der Waals surface area contributed by atoms with Gasteiger partial charge in [-0.15, -0.1) is 0 Å². The summed E-state index contributed by atoms with van der Waals surface area (Å²) >= 11 is 0. The summed E-state index contributed by atoms with van der Waals surface area (Å²) in [4.78, 5) is 4.29. The van der Waals surface area contributed by atoms with Crippen LogP contribution in [0.3, 0.4) is 0 Å². The first-order valence-electron chi connectivity index (χ1n) is 7.99. The molecule has 0 saturated carbocycles. The largest absolute Gasteiger partial charge is 0.485 e. The van der Waals surface area contributed by atoms with Crippen molar-refractivity contribution in [3.8, 4) is 5.75 Å². The van der Waals surface area contributed by atoms with E-state index < -0.39 is 25.6 Å². The number of anilines is 1. The van der Waals surface area contributed by atoms with E-state index in [0.717, 1.165) is 4.57 Å². The van der Waals surface area contributed by atoms with Gasteiger partial charge >= 0.3 is 6.55 Å². The summed E-state index contributed by atoms with van der Waals surface area (Å²) in [6.45, 7) is -1.83. The fourth-order valence-electron chi connectivity index (χ4n) is 2.74. The lowest BCUT2D eigenvalue weighted by Gasteiger charge is -2.19. The molecule has 0 saturated heterocycles. The first-order valence-corrected chi connectivity index (χ1v) is 7.99. The second kappa shape index (κ2) is 7.63. The zero-order valence-electron chi connectivity index (χ0n) is 13.9. The highest BCUT2D eigenvalue weighted by atomic mass is 19.3. The lowest BCUT2D eigenvalue weighted by atomic mass is 10.2. The molecule has 0 bridgehead atoms. The third-order valence-corrected chi connectivity index (χ3v) is 3.83. The Labute approximate surface area is 147 Å². The van der Waals surface area contributed by atoms with Crippen molar-refractivity contribution in [2.45, 2.75) is 25.9 Å². The minimum absolute atomic E-state index is 0.143. The van der Waals surface area contributed by atoms with E-state index in [1.807, 2.05) is 0 Å². The standard InChI is InChI=1S/C18H17F4N3O/c1-11(23-13-7-3-5-9-15(13)26-10-16(19)20)17-24-12-6-2-4-8-14(12)25(17)18(21)22/h2-9,11,16,18,23H,10H2,1H3/t11-/m1/s1. The minimum Gasteiger partial charge on any atom is -0.485 e. The molecule has 0 fully saturated rings. The number of para-hydroxylation sites is 4. The fraction of sp³-hybridized carbons (Fsp3) is 0.278. The van der Waals surface area contributed by atoms with E-state index in [0.29, 0.717) is 16.7 Å². The fourth-order valence-corrected chi connectivity index (χ4v) is 2.74. The maximum Gasteiger partial charge on any atom is 0.320 e. The van der Waals surface area contributed by atoms with Gasteiger partial charge in [0.15, 0.2) is 0 Å². The highest BCUT2D eigenvalue weighted by Gasteiger charge is 2.22. The molecular formula is C18H17F4N3O. The lowest BCUT2D eigenvalue weighted by molar-refractivity contribution is 0.0707. The van der Waals surface area contributed by atoms with E-state index in [9.17, 15) is 17.6 Å². The number of nitrogens with one attached hydrogen (secondary N) is 1. The number of fused-ring (bicyclic) bond motifs is 1. The van der Waals surface area contributed by atoms with Crippen LogP contribution in [-0.2, 0) is 0 Å². The van der Waals surface area contributed by atoms with Gasteiger partial charge in [-0.05, 0) is 31.2 Å². The van der Waals surface area contributed by atoms with Gasteiger partial charge < -0.3 is 10.1 Å². The van der Waals surface area contributed by atoms with Crippen LogP contribution in [0.4, 0.5) is 23.2 Å². The molecule has 3 aromatic rings. The SMILES string of the molecule is C[C@@H](Nc1ccccc1OCC(F)F)c1nc2ccccc2n1C(F)F. The summed E-state index contributed by atoms with van der Waals surface area (Å²) < 4.78 is 57.9. The molecule has 0 amide bonds. The average molecular weight is 367 g/mol. The molecule has 3 rings (SSSR count). The first-order chi connectivity index (χ1) is 12.5. The predicted octanol–water partition coefficient (Wildman–Crippen LogP) is 5.25. The Balaban J connectivity index is 1.91. The van der Waals surface area contributed by atoms with Crippen LogP contribution >= 0.6 is 0 Å². The van der Waals surface area contributed by atoms with Crippen LogP contribution in [0.2, 0.25) is 0 Å². The molecule has 8 heteroatoms. The highest BCUT2D eigenvalue weighted by molar-refractivity contribution is 5.76. The molecule has 26 heavy (non-hydrogen) atoms. The van der Waals surface area contributed by atoms with E-state index in [-0.39, 0.29) is 11.6 Å². The molecule has 1 heterocycles. The lowest BCUT2D eigenvalue weighted by Crippen LogP contribution is -2.15. The van der Waals surface area contributed by atoms with E-state index in [2.05, 4.69) is 10.3 Å². The van der Waals surface area contributed by atoms with E-state index in [4.69, 9.17) is 4.74 Å². The molecule has 0 aliphatic rings. The molecular weight excluding hydrogens is 350 g/mol. The van der Waals surface area contributed by atoms with Crippen molar-refractivity contribution in [3.05, 3.63) is 54.4 Å². The van der Waals surface area contributed by atoms with Crippen molar-refractivity contribution in [1.82, 2.24) is 9.55 Å². The molecule has 2 aromatic carbocycles. The van der Waals surface area contributed by atoms with Crippen molar-refractivity contribution in [2.24, 2.45) is 0 Å². The number of alkyl halides is 4. The quantitative estimate of drug-likeness (QED) is 0.580. The number of aromatic nitrogens is 2. The van der Waals surface area contributed by atoms with Gasteiger partial charge in [-0.3, -0.25) is 4.57 Å². The Morgan fingerprint density at radius 3 is 2.46 bits per heavy atom. The van der Waals surface area contributed by atoms with Gasteiger partial charge in [0.1, 0.15) is 18.2 Å². The van der Waals surface area contributed by atoms with E-state index >= 15 is 0 Å². The number of imidazole rings is 1. The van der Waals surface area contributed by atoms with Gasteiger partial charge in [-0.1, -0.05) is 24.3 Å². The Morgan fingerprint density at radius 1 is 1.04 bits per heavy atom. The summed E-state index contributed by atoms with van der Waals surface area (Å²) in [6, 6.07) is 12.5. The first kappa shape index (κ1) is 18.0. The van der Waals surface area contributed by atoms with Gasteiger partial charge in [0, 0.05) is 0 Å². The number of hydrogen-bond acceptors (Lipinski definition) is 3. The average Bonchev–Trinajstić information content (AvgIpc) is 3.00. The predicted molar refractivity (Wildman–Crippen MR) is 91.0 cm³/mol. The molecule has 138 valence electrons. The van der Waals surface area contributed by atoms with Crippen LogP contribution in [0.5, 0.6) is 5.75 Å². The van der Waals surface area contributed by atoms with Gasteiger partial charge in [0.05, 0.1) is 22.8 Å². The molecule has 1 atom stereocenters. The van der Waals surface area contributed by atoms with E-state index in [1.165, 1.54) is 6.07 Å². The Bertz CT molecular complexity index is 882. The molecule has 0 spiro atoms. The summed E-state index contributed by atoms with van der Waals surface area (Å²) in [5.41, 5.74) is 1.21. The van der Waals surface area contributed by atoms with Crippen LogP contribution in [-0.4, -0.2) is 22.6 Å². The normalized spacial score (nSPS) is 12.7. The zero-order valence-corrected chi connectivity index (χ0v) is 13.9. The number of ether oxygens (including phenoxy) is 1. The number of halogens is 4. The minimum atomic E-state index is -2.76. The van der Waals surface area contributed by atoms with Crippen LogP contribution < -0.4 is 10.1 Å². The van der Waals surface area contributed by atoms with Gasteiger partial charge in [-0.25, -0.2) is 13.8 Å². The van der Waals surface area contributed by atoms with Crippen molar-refractivity contribution >= 4 is 16.7 Å². The van der Waals surface area contributed by atoms with Crippen LogP contribution in [0.1, 0.15) is 25.3 Å². The van der Waals surface area contributed by atoms with E-state index in [1.54, 1.807) is 49.4 Å². The topological polar surface area (TPSA) is 39.1 Å². The smallest absolute Gasteiger partial charge is 0.320 e. The second-order valence-corrected chi connectivity index (χ2v) is 5.67. The Morgan fingerprint density at radius 2 is 1.73 bits per heavy atom. The third kappa shape index (κ3) is 3.74. The summed E-state index contributed by atoms with van der Waals surface area (Å²) in [5.74, 6) is 0.365.